The zero-order valence-corrected chi connectivity index (χ0v) is 16.0. The fourth-order valence-corrected chi connectivity index (χ4v) is 4.37. The number of hydrogen-bond acceptors (Lipinski definition) is 4. The number of rotatable bonds is 3. The molecular weight excluding hydrogens is 402 g/mol. The number of halogens is 1. The molecule has 0 saturated heterocycles. The molecule has 1 aliphatic heterocycles. The SMILES string of the molecule is O=C(Nc1nc2c(s1)CN(C(=O)c1ccc(Br)cc1)CC2)C1CCC1. The lowest BCUT2D eigenvalue weighted by Crippen LogP contribution is -2.35. The van der Waals surface area contributed by atoms with Crippen molar-refractivity contribution >= 4 is 44.2 Å². The summed E-state index contributed by atoms with van der Waals surface area (Å²) in [6.45, 7) is 1.21. The predicted octanol–water partition coefficient (Wildman–Crippen LogP) is 3.84. The molecule has 1 fully saturated rings. The summed E-state index contributed by atoms with van der Waals surface area (Å²) in [5.74, 6) is 0.267. The predicted molar refractivity (Wildman–Crippen MR) is 101 cm³/mol. The van der Waals surface area contributed by atoms with E-state index in [4.69, 9.17) is 0 Å². The van der Waals surface area contributed by atoms with Gasteiger partial charge < -0.3 is 10.2 Å². The van der Waals surface area contributed by atoms with E-state index in [0.29, 0.717) is 23.8 Å². The van der Waals surface area contributed by atoms with E-state index in [9.17, 15) is 9.59 Å². The van der Waals surface area contributed by atoms with Crippen LogP contribution in [0.2, 0.25) is 0 Å². The molecule has 5 nitrogen and oxygen atoms in total. The Hall–Kier alpha value is -1.73. The number of carbonyl (C=O) groups is 2. The van der Waals surface area contributed by atoms with Crippen molar-refractivity contribution in [2.75, 3.05) is 11.9 Å². The maximum Gasteiger partial charge on any atom is 0.254 e. The molecule has 7 heteroatoms. The van der Waals surface area contributed by atoms with Gasteiger partial charge in [0.25, 0.3) is 5.91 Å². The van der Waals surface area contributed by atoms with E-state index >= 15 is 0 Å². The molecule has 1 aliphatic carbocycles. The maximum absolute atomic E-state index is 12.7. The standard InChI is InChI=1S/C18H18BrN3O2S/c19-13-6-4-12(5-7-13)17(24)22-9-8-14-15(10-22)25-18(20-14)21-16(23)11-2-1-3-11/h4-7,11H,1-3,8-10H2,(H,20,21,23). The van der Waals surface area contributed by atoms with Crippen LogP contribution in [0.5, 0.6) is 0 Å². The number of fused-ring (bicyclic) bond motifs is 1. The minimum absolute atomic E-state index is 0.0339. The molecule has 2 aromatic rings. The van der Waals surface area contributed by atoms with E-state index in [1.54, 1.807) is 0 Å². The van der Waals surface area contributed by atoms with Crippen molar-refractivity contribution < 1.29 is 9.59 Å². The van der Waals surface area contributed by atoms with Gasteiger partial charge >= 0.3 is 0 Å². The smallest absolute Gasteiger partial charge is 0.254 e. The summed E-state index contributed by atoms with van der Waals surface area (Å²) >= 11 is 4.88. The molecule has 0 radical (unpaired) electrons. The first-order valence-corrected chi connectivity index (χ1v) is 10.1. The summed E-state index contributed by atoms with van der Waals surface area (Å²) in [6, 6.07) is 7.42. The molecule has 2 heterocycles. The third-order valence-electron chi connectivity index (χ3n) is 4.82. The molecule has 1 aromatic heterocycles. The Morgan fingerprint density at radius 1 is 1.24 bits per heavy atom. The van der Waals surface area contributed by atoms with Crippen molar-refractivity contribution in [3.8, 4) is 0 Å². The van der Waals surface area contributed by atoms with Gasteiger partial charge in [0.05, 0.1) is 12.2 Å². The lowest BCUT2D eigenvalue weighted by Gasteiger charge is -2.26. The van der Waals surface area contributed by atoms with Crippen LogP contribution >= 0.6 is 27.3 Å². The van der Waals surface area contributed by atoms with Crippen LogP contribution < -0.4 is 5.32 Å². The molecule has 0 spiro atoms. The first-order valence-electron chi connectivity index (χ1n) is 8.44. The molecule has 1 saturated carbocycles. The Balaban J connectivity index is 1.44. The number of amides is 2. The van der Waals surface area contributed by atoms with Crippen molar-refractivity contribution in [1.82, 2.24) is 9.88 Å². The Labute approximate surface area is 158 Å². The van der Waals surface area contributed by atoms with E-state index in [1.807, 2.05) is 29.2 Å². The maximum atomic E-state index is 12.7. The highest BCUT2D eigenvalue weighted by molar-refractivity contribution is 9.10. The minimum atomic E-state index is 0.0339. The van der Waals surface area contributed by atoms with Gasteiger partial charge in [-0.2, -0.15) is 0 Å². The van der Waals surface area contributed by atoms with Crippen molar-refractivity contribution in [3.63, 3.8) is 0 Å². The lowest BCUT2D eigenvalue weighted by molar-refractivity contribution is -0.122. The average Bonchev–Trinajstić information content (AvgIpc) is 2.94. The summed E-state index contributed by atoms with van der Waals surface area (Å²) in [6.07, 6.45) is 3.83. The number of thiazole rings is 1. The van der Waals surface area contributed by atoms with Gasteiger partial charge in [0.1, 0.15) is 0 Å². The van der Waals surface area contributed by atoms with E-state index in [0.717, 1.165) is 40.7 Å². The number of benzene rings is 1. The van der Waals surface area contributed by atoms with Crippen molar-refractivity contribution in [2.24, 2.45) is 5.92 Å². The van der Waals surface area contributed by atoms with Crippen LogP contribution in [0.4, 0.5) is 5.13 Å². The second-order valence-electron chi connectivity index (χ2n) is 6.49. The van der Waals surface area contributed by atoms with E-state index < -0.39 is 0 Å². The molecule has 4 rings (SSSR count). The third kappa shape index (κ3) is 3.48. The van der Waals surface area contributed by atoms with Crippen molar-refractivity contribution in [2.45, 2.75) is 32.2 Å². The Kier molecular flexibility index (Phi) is 4.60. The topological polar surface area (TPSA) is 62.3 Å². The van der Waals surface area contributed by atoms with Gasteiger partial charge in [0.15, 0.2) is 5.13 Å². The van der Waals surface area contributed by atoms with Gasteiger partial charge in [-0.1, -0.05) is 33.7 Å². The molecule has 2 aliphatic rings. The molecule has 1 aromatic carbocycles. The van der Waals surface area contributed by atoms with Gasteiger partial charge in [-0.05, 0) is 37.1 Å². The zero-order chi connectivity index (χ0) is 17.4. The molecule has 0 bridgehead atoms. The summed E-state index contributed by atoms with van der Waals surface area (Å²) in [5.41, 5.74) is 1.70. The highest BCUT2D eigenvalue weighted by atomic mass is 79.9. The normalized spacial score (nSPS) is 16.9. The lowest BCUT2D eigenvalue weighted by atomic mass is 9.85. The second kappa shape index (κ2) is 6.88. The van der Waals surface area contributed by atoms with Crippen LogP contribution in [-0.4, -0.2) is 28.2 Å². The van der Waals surface area contributed by atoms with Gasteiger partial charge in [-0.25, -0.2) is 4.98 Å². The number of aromatic nitrogens is 1. The van der Waals surface area contributed by atoms with Crippen LogP contribution in [-0.2, 0) is 17.8 Å². The first kappa shape index (κ1) is 16.7. The van der Waals surface area contributed by atoms with Gasteiger partial charge in [-0.3, -0.25) is 9.59 Å². The highest BCUT2D eigenvalue weighted by Gasteiger charge is 2.28. The van der Waals surface area contributed by atoms with Crippen molar-refractivity contribution in [3.05, 3.63) is 44.9 Å². The van der Waals surface area contributed by atoms with Crippen molar-refractivity contribution in [1.29, 1.82) is 0 Å². The first-order chi connectivity index (χ1) is 12.1. The summed E-state index contributed by atoms with van der Waals surface area (Å²) in [5, 5.41) is 3.61. The van der Waals surface area contributed by atoms with E-state index in [1.165, 1.54) is 11.3 Å². The van der Waals surface area contributed by atoms with Crippen LogP contribution in [0.3, 0.4) is 0 Å². The number of carbonyl (C=O) groups excluding carboxylic acids is 2. The number of anilines is 1. The van der Waals surface area contributed by atoms with Crippen LogP contribution in [0, 0.1) is 5.92 Å². The summed E-state index contributed by atoms with van der Waals surface area (Å²) in [4.78, 5) is 32.2. The van der Waals surface area contributed by atoms with Gasteiger partial charge in [0, 0.05) is 33.8 Å². The second-order valence-corrected chi connectivity index (χ2v) is 8.49. The fraction of sp³-hybridized carbons (Fsp3) is 0.389. The van der Waals surface area contributed by atoms with Crippen LogP contribution in [0.15, 0.2) is 28.7 Å². The Bertz CT molecular complexity index is 814. The Morgan fingerprint density at radius 2 is 2.00 bits per heavy atom. The third-order valence-corrected chi connectivity index (χ3v) is 6.34. The van der Waals surface area contributed by atoms with Crippen LogP contribution in [0.1, 0.15) is 40.2 Å². The molecule has 2 amide bonds. The molecular formula is C18H18BrN3O2S. The fourth-order valence-electron chi connectivity index (χ4n) is 3.08. The van der Waals surface area contributed by atoms with Gasteiger partial charge in [-0.15, -0.1) is 0 Å². The molecule has 0 unspecified atom stereocenters. The minimum Gasteiger partial charge on any atom is -0.333 e. The van der Waals surface area contributed by atoms with Gasteiger partial charge in [0.2, 0.25) is 5.91 Å². The molecule has 1 N–H and O–H groups in total. The Morgan fingerprint density at radius 3 is 2.68 bits per heavy atom. The zero-order valence-electron chi connectivity index (χ0n) is 13.6. The number of nitrogens with zero attached hydrogens (tertiary/aromatic N) is 2. The quantitative estimate of drug-likeness (QED) is 0.821. The number of hydrogen-bond donors (Lipinski definition) is 1. The molecule has 25 heavy (non-hydrogen) atoms. The van der Waals surface area contributed by atoms with E-state index in [2.05, 4.69) is 26.2 Å². The average molecular weight is 420 g/mol. The van der Waals surface area contributed by atoms with Crippen LogP contribution in [0.25, 0.3) is 0 Å². The van der Waals surface area contributed by atoms with E-state index in [-0.39, 0.29) is 17.7 Å². The molecule has 0 atom stereocenters. The largest absolute Gasteiger partial charge is 0.333 e. The monoisotopic (exact) mass is 419 g/mol. The number of nitrogens with one attached hydrogen (secondary N) is 1. The summed E-state index contributed by atoms with van der Waals surface area (Å²) < 4.78 is 0.958. The summed E-state index contributed by atoms with van der Waals surface area (Å²) in [7, 11) is 0. The molecule has 130 valence electrons. The highest BCUT2D eigenvalue weighted by Crippen LogP contribution is 2.31.